The lowest BCUT2D eigenvalue weighted by Gasteiger charge is -2.08. The fourth-order valence-corrected chi connectivity index (χ4v) is 1.73. The minimum absolute atomic E-state index is 0.275. The van der Waals surface area contributed by atoms with Crippen LogP contribution in [0.5, 0.6) is 0 Å². The van der Waals surface area contributed by atoms with Crippen LogP contribution >= 0.6 is 0 Å². The van der Waals surface area contributed by atoms with Crippen LogP contribution in [0.25, 0.3) is 0 Å². The highest BCUT2D eigenvalue weighted by atomic mass is 19.4. The second-order valence-electron chi connectivity index (χ2n) is 4.85. The van der Waals surface area contributed by atoms with Gasteiger partial charge >= 0.3 is 6.18 Å². The van der Waals surface area contributed by atoms with E-state index in [-0.39, 0.29) is 6.04 Å². The Labute approximate surface area is 115 Å². The lowest BCUT2D eigenvalue weighted by atomic mass is 10.1. The first-order valence-corrected chi connectivity index (χ1v) is 6.30. The number of benzene rings is 1. The van der Waals surface area contributed by atoms with Gasteiger partial charge in [-0.3, -0.25) is 4.68 Å². The summed E-state index contributed by atoms with van der Waals surface area (Å²) < 4.78 is 39.1. The Morgan fingerprint density at radius 2 is 1.85 bits per heavy atom. The molecule has 2 rings (SSSR count). The lowest BCUT2D eigenvalue weighted by Crippen LogP contribution is -2.05. The quantitative estimate of drug-likeness (QED) is 0.915. The van der Waals surface area contributed by atoms with E-state index in [1.54, 1.807) is 6.20 Å². The zero-order valence-corrected chi connectivity index (χ0v) is 11.3. The van der Waals surface area contributed by atoms with Gasteiger partial charge in [-0.25, -0.2) is 0 Å². The summed E-state index contributed by atoms with van der Waals surface area (Å²) in [6.07, 6.45) is -0.719. The summed E-state index contributed by atoms with van der Waals surface area (Å²) in [6, 6.07) is 5.41. The molecule has 0 atom stereocenters. The van der Waals surface area contributed by atoms with Crippen LogP contribution < -0.4 is 5.32 Å². The zero-order valence-electron chi connectivity index (χ0n) is 11.3. The SMILES string of the molecule is CC(C)n1cc(NCc2ccc(C(F)(F)F)cc2)cn1. The number of aromatic nitrogens is 2. The van der Waals surface area contributed by atoms with Crippen LogP contribution in [0, 0.1) is 0 Å². The molecule has 0 saturated carbocycles. The Hall–Kier alpha value is -1.98. The second-order valence-corrected chi connectivity index (χ2v) is 4.85. The van der Waals surface area contributed by atoms with Gasteiger partial charge in [-0.15, -0.1) is 0 Å². The van der Waals surface area contributed by atoms with Crippen molar-refractivity contribution in [1.82, 2.24) is 9.78 Å². The normalized spacial score (nSPS) is 11.9. The van der Waals surface area contributed by atoms with Gasteiger partial charge in [0.25, 0.3) is 0 Å². The van der Waals surface area contributed by atoms with Crippen LogP contribution in [0.1, 0.15) is 31.0 Å². The molecule has 20 heavy (non-hydrogen) atoms. The monoisotopic (exact) mass is 283 g/mol. The summed E-state index contributed by atoms with van der Waals surface area (Å²) in [5, 5.41) is 7.31. The molecule has 0 spiro atoms. The van der Waals surface area contributed by atoms with E-state index < -0.39 is 11.7 Å². The number of nitrogens with zero attached hydrogens (tertiary/aromatic N) is 2. The minimum atomic E-state index is -4.29. The van der Waals surface area contributed by atoms with Crippen molar-refractivity contribution >= 4 is 5.69 Å². The molecule has 0 aliphatic heterocycles. The van der Waals surface area contributed by atoms with Gasteiger partial charge in [-0.2, -0.15) is 18.3 Å². The maximum absolute atomic E-state index is 12.4. The molecular weight excluding hydrogens is 267 g/mol. The summed E-state index contributed by atoms with van der Waals surface area (Å²) in [6.45, 7) is 4.50. The molecule has 1 N–H and O–H groups in total. The van der Waals surface area contributed by atoms with Crippen LogP contribution in [0.4, 0.5) is 18.9 Å². The largest absolute Gasteiger partial charge is 0.416 e. The standard InChI is InChI=1S/C14H16F3N3/c1-10(2)20-9-13(8-19-20)18-7-11-3-5-12(6-4-11)14(15,16)17/h3-6,8-10,18H,7H2,1-2H3. The Bertz CT molecular complexity index is 556. The number of alkyl halides is 3. The summed E-state index contributed by atoms with van der Waals surface area (Å²) in [4.78, 5) is 0. The molecule has 0 unspecified atom stereocenters. The molecule has 108 valence electrons. The van der Waals surface area contributed by atoms with Crippen molar-refractivity contribution in [2.75, 3.05) is 5.32 Å². The van der Waals surface area contributed by atoms with Crippen LogP contribution in [0.2, 0.25) is 0 Å². The highest BCUT2D eigenvalue weighted by Gasteiger charge is 2.29. The third-order valence-corrected chi connectivity index (χ3v) is 2.91. The molecule has 3 nitrogen and oxygen atoms in total. The molecule has 0 saturated heterocycles. The van der Waals surface area contributed by atoms with Gasteiger partial charge in [0.2, 0.25) is 0 Å². The summed E-state index contributed by atoms with van der Waals surface area (Å²) in [5.74, 6) is 0. The molecule has 0 fully saturated rings. The second kappa shape index (κ2) is 5.56. The predicted molar refractivity (Wildman–Crippen MR) is 71.4 cm³/mol. The number of anilines is 1. The van der Waals surface area contributed by atoms with E-state index in [0.29, 0.717) is 6.54 Å². The minimum Gasteiger partial charge on any atom is -0.378 e. The van der Waals surface area contributed by atoms with Crippen molar-refractivity contribution in [2.45, 2.75) is 32.6 Å². The first kappa shape index (κ1) is 14.4. The number of hydrogen-bond acceptors (Lipinski definition) is 2. The van der Waals surface area contributed by atoms with Crippen molar-refractivity contribution in [1.29, 1.82) is 0 Å². The van der Waals surface area contributed by atoms with Crippen molar-refractivity contribution in [3.05, 3.63) is 47.8 Å². The first-order valence-electron chi connectivity index (χ1n) is 6.30. The molecule has 1 aromatic carbocycles. The van der Waals surface area contributed by atoms with Gasteiger partial charge in [0.1, 0.15) is 0 Å². The van der Waals surface area contributed by atoms with Crippen molar-refractivity contribution in [3.63, 3.8) is 0 Å². The first-order chi connectivity index (χ1) is 9.36. The van der Waals surface area contributed by atoms with E-state index >= 15 is 0 Å². The Morgan fingerprint density at radius 3 is 2.35 bits per heavy atom. The average Bonchev–Trinajstić information content (AvgIpc) is 2.85. The maximum atomic E-state index is 12.4. The average molecular weight is 283 g/mol. The number of rotatable bonds is 4. The summed E-state index contributed by atoms with van der Waals surface area (Å²) in [7, 11) is 0. The molecule has 1 heterocycles. The predicted octanol–water partition coefficient (Wildman–Crippen LogP) is 4.09. The Balaban J connectivity index is 1.97. The van der Waals surface area contributed by atoms with Crippen LogP contribution in [-0.4, -0.2) is 9.78 Å². The highest BCUT2D eigenvalue weighted by Crippen LogP contribution is 2.29. The molecule has 0 aliphatic carbocycles. The smallest absolute Gasteiger partial charge is 0.378 e. The maximum Gasteiger partial charge on any atom is 0.416 e. The van der Waals surface area contributed by atoms with Crippen LogP contribution in [-0.2, 0) is 12.7 Å². The van der Waals surface area contributed by atoms with Crippen molar-refractivity contribution < 1.29 is 13.2 Å². The van der Waals surface area contributed by atoms with Gasteiger partial charge in [0.05, 0.1) is 17.4 Å². The summed E-state index contributed by atoms with van der Waals surface area (Å²) in [5.41, 5.74) is 1.00. The van der Waals surface area contributed by atoms with Crippen LogP contribution in [0.15, 0.2) is 36.7 Å². The molecule has 0 bridgehead atoms. The fraction of sp³-hybridized carbons (Fsp3) is 0.357. The molecule has 0 radical (unpaired) electrons. The van der Waals surface area contributed by atoms with Gasteiger partial charge in [0.15, 0.2) is 0 Å². The molecule has 1 aromatic heterocycles. The van der Waals surface area contributed by atoms with Gasteiger partial charge in [-0.05, 0) is 31.5 Å². The van der Waals surface area contributed by atoms with E-state index in [4.69, 9.17) is 0 Å². The topological polar surface area (TPSA) is 29.9 Å². The van der Waals surface area contributed by atoms with E-state index in [1.807, 2.05) is 24.7 Å². The van der Waals surface area contributed by atoms with Crippen LogP contribution in [0.3, 0.4) is 0 Å². The number of halogens is 3. The third-order valence-electron chi connectivity index (χ3n) is 2.91. The van der Waals surface area contributed by atoms with Gasteiger partial charge < -0.3 is 5.32 Å². The Kier molecular flexibility index (Phi) is 4.01. The number of hydrogen-bond donors (Lipinski definition) is 1. The lowest BCUT2D eigenvalue weighted by molar-refractivity contribution is -0.137. The van der Waals surface area contributed by atoms with Crippen molar-refractivity contribution in [3.8, 4) is 0 Å². The van der Waals surface area contributed by atoms with E-state index in [1.165, 1.54) is 12.1 Å². The summed E-state index contributed by atoms with van der Waals surface area (Å²) >= 11 is 0. The zero-order chi connectivity index (χ0) is 14.8. The third kappa shape index (κ3) is 3.53. The van der Waals surface area contributed by atoms with Gasteiger partial charge in [0, 0.05) is 18.8 Å². The highest BCUT2D eigenvalue weighted by molar-refractivity contribution is 5.39. The van der Waals surface area contributed by atoms with Gasteiger partial charge in [-0.1, -0.05) is 12.1 Å². The van der Waals surface area contributed by atoms with E-state index in [9.17, 15) is 13.2 Å². The van der Waals surface area contributed by atoms with E-state index in [0.717, 1.165) is 23.4 Å². The molecule has 2 aromatic rings. The number of nitrogens with one attached hydrogen (secondary N) is 1. The Morgan fingerprint density at radius 1 is 1.20 bits per heavy atom. The molecule has 0 amide bonds. The molecule has 0 aliphatic rings. The molecular formula is C14H16F3N3. The fourth-order valence-electron chi connectivity index (χ4n) is 1.73. The van der Waals surface area contributed by atoms with Crippen molar-refractivity contribution in [2.24, 2.45) is 0 Å². The van der Waals surface area contributed by atoms with E-state index in [2.05, 4.69) is 10.4 Å². The molecule has 6 heteroatoms.